The highest BCUT2D eigenvalue weighted by Gasteiger charge is 2.43. The van der Waals surface area contributed by atoms with Crippen molar-refractivity contribution in [1.29, 1.82) is 0 Å². The molecule has 0 amide bonds. The van der Waals surface area contributed by atoms with Crippen molar-refractivity contribution in [2.75, 3.05) is 26.4 Å². The lowest BCUT2D eigenvalue weighted by Crippen LogP contribution is -2.46. The van der Waals surface area contributed by atoms with Gasteiger partial charge >= 0.3 is 0 Å². The topological polar surface area (TPSA) is 104 Å². The second kappa shape index (κ2) is 4.52. The van der Waals surface area contributed by atoms with E-state index in [0.29, 0.717) is 0 Å². The molecule has 0 aliphatic carbocycles. The van der Waals surface area contributed by atoms with Gasteiger partial charge in [-0.15, -0.1) is 0 Å². The molecular weight excluding hydrogens is 190 g/mol. The van der Waals surface area contributed by atoms with E-state index >= 15 is 0 Å². The molecule has 1 saturated heterocycles. The summed E-state index contributed by atoms with van der Waals surface area (Å²) in [6, 6.07) is -0.970. The maximum atomic E-state index is 9.35. The van der Waals surface area contributed by atoms with E-state index in [9.17, 15) is 10.2 Å². The average Bonchev–Trinajstić information content (AvgIpc) is 2.44. The van der Waals surface area contributed by atoms with Gasteiger partial charge in [-0.05, 0) is 0 Å². The molecule has 6 heteroatoms. The average molecular weight is 207 g/mol. The molecule has 5 N–H and O–H groups in total. The molecule has 6 nitrogen and oxygen atoms in total. The van der Waals surface area contributed by atoms with Crippen molar-refractivity contribution in [3.8, 4) is 0 Å². The first-order valence-corrected chi connectivity index (χ1v) is 4.57. The number of nitrogens with zero attached hydrogens (tertiary/aromatic N) is 1. The molecule has 1 atom stereocenters. The summed E-state index contributed by atoms with van der Waals surface area (Å²) < 4.78 is 0. The lowest BCUT2D eigenvalue weighted by molar-refractivity contribution is -0.150. The minimum absolute atomic E-state index is 0.0278. The van der Waals surface area contributed by atoms with Crippen LogP contribution in [0, 0.1) is 0 Å². The van der Waals surface area contributed by atoms with Gasteiger partial charge in [0.2, 0.25) is 0 Å². The molecule has 14 heavy (non-hydrogen) atoms. The summed E-state index contributed by atoms with van der Waals surface area (Å²) in [5.74, 6) is -1.84. The second-order valence-electron chi connectivity index (χ2n) is 3.71. The van der Waals surface area contributed by atoms with Gasteiger partial charge in [-0.25, -0.2) is 0 Å². The molecule has 1 unspecified atom stereocenters. The monoisotopic (exact) mass is 207 g/mol. The molecule has 0 saturated carbocycles. The zero-order valence-corrected chi connectivity index (χ0v) is 7.87. The van der Waals surface area contributed by atoms with Gasteiger partial charge in [0, 0.05) is 12.5 Å². The third-order valence-electron chi connectivity index (χ3n) is 2.57. The summed E-state index contributed by atoms with van der Waals surface area (Å²) in [6.45, 7) is -0.838. The SMILES string of the molecule is OCC(CO)N1CC(O)(O)CC1CO. The van der Waals surface area contributed by atoms with Crippen molar-refractivity contribution in [3.05, 3.63) is 0 Å². The van der Waals surface area contributed by atoms with E-state index in [1.807, 2.05) is 0 Å². The summed E-state index contributed by atoms with van der Waals surface area (Å²) in [4.78, 5) is 1.51. The van der Waals surface area contributed by atoms with E-state index in [4.69, 9.17) is 15.3 Å². The standard InChI is InChI=1S/C8H17NO5/c10-2-6-1-8(13,14)5-9(6)7(3-11)4-12/h6-7,10-14H,1-5H2. The van der Waals surface area contributed by atoms with Crippen LogP contribution in [0.1, 0.15) is 6.42 Å². The quantitative estimate of drug-likeness (QED) is 0.316. The highest BCUT2D eigenvalue weighted by molar-refractivity contribution is 4.92. The Bertz CT molecular complexity index is 183. The fraction of sp³-hybridized carbons (Fsp3) is 1.00. The van der Waals surface area contributed by atoms with Gasteiger partial charge in [-0.3, -0.25) is 4.90 Å². The highest BCUT2D eigenvalue weighted by atomic mass is 16.5. The number of hydrogen-bond donors (Lipinski definition) is 5. The molecule has 1 heterocycles. The van der Waals surface area contributed by atoms with Crippen LogP contribution in [0.2, 0.25) is 0 Å². The predicted molar refractivity (Wildman–Crippen MR) is 47.3 cm³/mol. The van der Waals surface area contributed by atoms with Crippen LogP contribution in [0.25, 0.3) is 0 Å². The van der Waals surface area contributed by atoms with Crippen molar-refractivity contribution < 1.29 is 25.5 Å². The van der Waals surface area contributed by atoms with Crippen molar-refractivity contribution in [2.24, 2.45) is 0 Å². The van der Waals surface area contributed by atoms with Crippen LogP contribution >= 0.6 is 0 Å². The zero-order valence-electron chi connectivity index (χ0n) is 7.87. The maximum absolute atomic E-state index is 9.35. The number of β-amino-alcohol motifs (C(OH)–C–C–N with tert-alkyl or cyclic N) is 2. The summed E-state index contributed by atoms with van der Waals surface area (Å²) in [6.07, 6.45) is 0.0278. The third kappa shape index (κ3) is 2.41. The molecule has 0 radical (unpaired) electrons. The fourth-order valence-corrected chi connectivity index (χ4v) is 1.84. The van der Waals surface area contributed by atoms with Crippen LogP contribution in [0.4, 0.5) is 0 Å². The van der Waals surface area contributed by atoms with Gasteiger partial charge in [0.25, 0.3) is 0 Å². The van der Waals surface area contributed by atoms with Gasteiger partial charge in [0.1, 0.15) is 0 Å². The Kier molecular flexibility index (Phi) is 3.82. The van der Waals surface area contributed by atoms with Crippen LogP contribution < -0.4 is 0 Å². The normalized spacial score (nSPS) is 27.4. The number of aliphatic hydroxyl groups excluding tert-OH is 3. The third-order valence-corrected chi connectivity index (χ3v) is 2.57. The lowest BCUT2D eigenvalue weighted by atomic mass is 10.1. The smallest absolute Gasteiger partial charge is 0.177 e. The largest absolute Gasteiger partial charge is 0.395 e. The minimum Gasteiger partial charge on any atom is -0.395 e. The Morgan fingerprint density at radius 3 is 2.21 bits per heavy atom. The maximum Gasteiger partial charge on any atom is 0.177 e. The Hall–Kier alpha value is -0.240. The Labute approximate surface area is 82.0 Å². The molecule has 1 aliphatic rings. The van der Waals surface area contributed by atoms with Crippen molar-refractivity contribution in [1.82, 2.24) is 4.90 Å². The van der Waals surface area contributed by atoms with Crippen LogP contribution in [0.15, 0.2) is 0 Å². The molecule has 0 aromatic heterocycles. The first kappa shape index (κ1) is 11.8. The second-order valence-corrected chi connectivity index (χ2v) is 3.71. The first-order valence-electron chi connectivity index (χ1n) is 4.57. The molecule has 0 bridgehead atoms. The molecule has 0 spiro atoms. The molecular formula is C8H17NO5. The summed E-state index contributed by atoms with van der Waals surface area (Å²) in [5.41, 5.74) is 0. The van der Waals surface area contributed by atoms with E-state index in [1.165, 1.54) is 4.90 Å². The molecule has 0 aromatic rings. The number of likely N-dealkylation sites (tertiary alicyclic amines) is 1. The van der Waals surface area contributed by atoms with Gasteiger partial charge in [0.05, 0.1) is 32.4 Å². The first-order chi connectivity index (χ1) is 6.54. The summed E-state index contributed by atoms with van der Waals surface area (Å²) >= 11 is 0. The van der Waals surface area contributed by atoms with Crippen molar-refractivity contribution in [3.63, 3.8) is 0 Å². The molecule has 1 fully saturated rings. The van der Waals surface area contributed by atoms with Crippen molar-refractivity contribution >= 4 is 0 Å². The lowest BCUT2D eigenvalue weighted by Gasteiger charge is -2.29. The molecule has 0 aromatic carbocycles. The number of rotatable bonds is 4. The Balaban J connectivity index is 2.67. The highest BCUT2D eigenvalue weighted by Crippen LogP contribution is 2.26. The van der Waals surface area contributed by atoms with E-state index in [-0.39, 0.29) is 32.8 Å². The van der Waals surface area contributed by atoms with Gasteiger partial charge in [-0.2, -0.15) is 0 Å². The molecule has 1 rings (SSSR count). The van der Waals surface area contributed by atoms with Gasteiger partial charge < -0.3 is 25.5 Å². The Morgan fingerprint density at radius 1 is 1.21 bits per heavy atom. The predicted octanol–water partition coefficient (Wildman–Crippen LogP) is -2.91. The van der Waals surface area contributed by atoms with Crippen LogP contribution in [0.5, 0.6) is 0 Å². The zero-order chi connectivity index (χ0) is 10.8. The van der Waals surface area contributed by atoms with E-state index in [1.54, 1.807) is 0 Å². The van der Waals surface area contributed by atoms with Crippen LogP contribution in [-0.4, -0.2) is 74.7 Å². The summed E-state index contributed by atoms with van der Waals surface area (Å²) in [5, 5.41) is 45.5. The van der Waals surface area contributed by atoms with Gasteiger partial charge in [-0.1, -0.05) is 0 Å². The molecule has 84 valence electrons. The summed E-state index contributed by atoms with van der Waals surface area (Å²) in [7, 11) is 0. The number of aliphatic hydroxyl groups is 5. The van der Waals surface area contributed by atoms with E-state index < -0.39 is 17.9 Å². The minimum atomic E-state index is -1.84. The van der Waals surface area contributed by atoms with Crippen molar-refractivity contribution in [2.45, 2.75) is 24.3 Å². The fourth-order valence-electron chi connectivity index (χ4n) is 1.84. The van der Waals surface area contributed by atoms with E-state index in [0.717, 1.165) is 0 Å². The van der Waals surface area contributed by atoms with E-state index in [2.05, 4.69) is 0 Å². The molecule has 1 aliphatic heterocycles. The van der Waals surface area contributed by atoms with Crippen LogP contribution in [0.3, 0.4) is 0 Å². The van der Waals surface area contributed by atoms with Crippen LogP contribution in [-0.2, 0) is 0 Å². The number of hydrogen-bond acceptors (Lipinski definition) is 6. The Morgan fingerprint density at radius 2 is 1.79 bits per heavy atom. The van der Waals surface area contributed by atoms with Gasteiger partial charge in [0.15, 0.2) is 5.79 Å².